The fraction of sp³-hybridized carbons (Fsp3) is 0.400. The molecule has 0 heterocycles. The van der Waals surface area contributed by atoms with Crippen molar-refractivity contribution in [3.8, 4) is 11.5 Å². The third-order valence-electron chi connectivity index (χ3n) is 4.38. The molecule has 0 bridgehead atoms. The van der Waals surface area contributed by atoms with Crippen molar-refractivity contribution in [2.45, 2.75) is 38.5 Å². The molecule has 118 valence electrons. The highest BCUT2D eigenvalue weighted by Gasteiger charge is 2.19. The quantitative estimate of drug-likeness (QED) is 0.682. The van der Waals surface area contributed by atoms with Gasteiger partial charge in [0.2, 0.25) is 0 Å². The van der Waals surface area contributed by atoms with Crippen LogP contribution in [0.25, 0.3) is 0 Å². The molecule has 2 aromatic rings. The maximum atomic E-state index is 5.54. The van der Waals surface area contributed by atoms with Crippen LogP contribution in [-0.4, -0.2) is 14.2 Å². The summed E-state index contributed by atoms with van der Waals surface area (Å²) < 4.78 is 11.0. The number of hydrogen-bond acceptors (Lipinski definition) is 2. The molecule has 22 heavy (non-hydrogen) atoms. The Labute approximate surface area is 134 Å². The molecule has 2 heteroatoms. The van der Waals surface area contributed by atoms with Gasteiger partial charge in [0.15, 0.2) is 0 Å². The zero-order chi connectivity index (χ0) is 15.9. The molecule has 0 aromatic heterocycles. The number of benzene rings is 2. The minimum atomic E-state index is 0.436. The summed E-state index contributed by atoms with van der Waals surface area (Å²) in [7, 11) is 3.48. The molecule has 0 N–H and O–H groups in total. The third-order valence-corrected chi connectivity index (χ3v) is 4.38. The molecule has 0 unspecified atom stereocenters. The Hall–Kier alpha value is -1.96. The van der Waals surface area contributed by atoms with Crippen molar-refractivity contribution in [1.82, 2.24) is 0 Å². The molecule has 0 aliphatic heterocycles. The van der Waals surface area contributed by atoms with Crippen molar-refractivity contribution < 1.29 is 9.47 Å². The van der Waals surface area contributed by atoms with E-state index in [1.807, 2.05) is 24.3 Å². The molecule has 2 nitrogen and oxygen atoms in total. The second-order valence-corrected chi connectivity index (χ2v) is 5.73. The molecular formula is C20H26O2. The lowest BCUT2D eigenvalue weighted by Crippen LogP contribution is -2.06. The highest BCUT2D eigenvalue weighted by Crippen LogP contribution is 2.38. The van der Waals surface area contributed by atoms with Gasteiger partial charge < -0.3 is 9.47 Å². The number of rotatable bonds is 7. The number of ether oxygens (including phenoxy) is 2. The molecular weight excluding hydrogens is 272 g/mol. The Bertz CT molecular complexity index is 592. The second kappa shape index (κ2) is 7.88. The van der Waals surface area contributed by atoms with Gasteiger partial charge in [-0.15, -0.1) is 0 Å². The number of methoxy groups -OCH3 is 2. The lowest BCUT2D eigenvalue weighted by Gasteiger charge is -2.23. The Morgan fingerprint density at radius 3 is 1.86 bits per heavy atom. The molecule has 2 rings (SSSR count). The number of para-hydroxylation sites is 2. The van der Waals surface area contributed by atoms with E-state index >= 15 is 0 Å². The van der Waals surface area contributed by atoms with E-state index in [-0.39, 0.29) is 0 Å². The van der Waals surface area contributed by atoms with Crippen LogP contribution in [0.2, 0.25) is 0 Å². The first kappa shape index (κ1) is 16.4. The Kier molecular flexibility index (Phi) is 5.88. The summed E-state index contributed by atoms with van der Waals surface area (Å²) in [6, 6.07) is 16.7. The van der Waals surface area contributed by atoms with E-state index in [1.165, 1.54) is 11.1 Å². The minimum Gasteiger partial charge on any atom is -0.496 e. The monoisotopic (exact) mass is 298 g/mol. The van der Waals surface area contributed by atoms with Gasteiger partial charge in [0.05, 0.1) is 14.2 Å². The fourth-order valence-electron chi connectivity index (χ4n) is 3.14. The molecule has 0 saturated heterocycles. The minimum absolute atomic E-state index is 0.436. The smallest absolute Gasteiger partial charge is 0.122 e. The van der Waals surface area contributed by atoms with E-state index in [9.17, 15) is 0 Å². The molecule has 0 aliphatic rings. The fourth-order valence-corrected chi connectivity index (χ4v) is 3.14. The maximum Gasteiger partial charge on any atom is 0.122 e. The van der Waals surface area contributed by atoms with Crippen LogP contribution in [0.15, 0.2) is 48.5 Å². The lowest BCUT2D eigenvalue weighted by molar-refractivity contribution is 0.394. The zero-order valence-corrected chi connectivity index (χ0v) is 14.0. The van der Waals surface area contributed by atoms with Crippen LogP contribution in [0.4, 0.5) is 0 Å². The van der Waals surface area contributed by atoms with Gasteiger partial charge in [0.25, 0.3) is 0 Å². The van der Waals surface area contributed by atoms with Gasteiger partial charge in [-0.2, -0.15) is 0 Å². The van der Waals surface area contributed by atoms with E-state index in [2.05, 4.69) is 38.1 Å². The highest BCUT2D eigenvalue weighted by atomic mass is 16.5. The molecule has 0 fully saturated rings. The highest BCUT2D eigenvalue weighted by molar-refractivity contribution is 5.39. The van der Waals surface area contributed by atoms with Gasteiger partial charge in [-0.3, -0.25) is 0 Å². The third kappa shape index (κ3) is 3.62. The average Bonchev–Trinajstić information content (AvgIpc) is 2.59. The Morgan fingerprint density at radius 2 is 1.32 bits per heavy atom. The van der Waals surface area contributed by atoms with E-state index in [0.717, 1.165) is 24.3 Å². The van der Waals surface area contributed by atoms with Gasteiger partial charge in [-0.1, -0.05) is 50.2 Å². The van der Waals surface area contributed by atoms with Gasteiger partial charge in [-0.25, -0.2) is 0 Å². The first-order valence-corrected chi connectivity index (χ1v) is 7.97. The van der Waals surface area contributed by atoms with Crippen molar-refractivity contribution >= 4 is 0 Å². The predicted octanol–water partition coefficient (Wildman–Crippen LogP) is 5.39. The molecule has 2 atom stereocenters. The normalized spacial score (nSPS) is 13.5. The van der Waals surface area contributed by atoms with E-state index < -0.39 is 0 Å². The van der Waals surface area contributed by atoms with Crippen LogP contribution in [0.3, 0.4) is 0 Å². The zero-order valence-electron chi connectivity index (χ0n) is 14.0. The summed E-state index contributed by atoms with van der Waals surface area (Å²) in [6.45, 7) is 4.52. The van der Waals surface area contributed by atoms with Crippen molar-refractivity contribution in [2.75, 3.05) is 14.2 Å². The summed E-state index contributed by atoms with van der Waals surface area (Å²) >= 11 is 0. The summed E-state index contributed by atoms with van der Waals surface area (Å²) in [4.78, 5) is 0. The van der Waals surface area contributed by atoms with Crippen LogP contribution in [0.5, 0.6) is 11.5 Å². The molecule has 0 saturated carbocycles. The van der Waals surface area contributed by atoms with Gasteiger partial charge in [-0.05, 0) is 47.9 Å². The summed E-state index contributed by atoms with van der Waals surface area (Å²) in [5.74, 6) is 2.88. The van der Waals surface area contributed by atoms with Crippen molar-refractivity contribution in [3.05, 3.63) is 59.7 Å². The summed E-state index contributed by atoms with van der Waals surface area (Å²) in [5, 5.41) is 0. The topological polar surface area (TPSA) is 18.5 Å². The SMILES string of the molecule is CC[C@@H](C[C@H](C)c1ccccc1OC)c1ccccc1OC. The van der Waals surface area contributed by atoms with Crippen LogP contribution in [0, 0.1) is 0 Å². The molecule has 0 spiro atoms. The van der Waals surface area contributed by atoms with Crippen LogP contribution in [-0.2, 0) is 0 Å². The van der Waals surface area contributed by atoms with E-state index in [0.29, 0.717) is 11.8 Å². The van der Waals surface area contributed by atoms with E-state index in [4.69, 9.17) is 9.47 Å². The van der Waals surface area contributed by atoms with Gasteiger partial charge in [0.1, 0.15) is 11.5 Å². The average molecular weight is 298 g/mol. The first-order chi connectivity index (χ1) is 10.7. The summed E-state index contributed by atoms with van der Waals surface area (Å²) in [5.41, 5.74) is 2.58. The first-order valence-electron chi connectivity index (χ1n) is 7.97. The lowest BCUT2D eigenvalue weighted by atomic mass is 9.84. The van der Waals surface area contributed by atoms with E-state index in [1.54, 1.807) is 14.2 Å². The Balaban J connectivity index is 2.23. The molecule has 2 aromatic carbocycles. The van der Waals surface area contributed by atoms with Crippen molar-refractivity contribution in [3.63, 3.8) is 0 Å². The standard InChI is InChI=1S/C20H26O2/c1-5-16(18-11-7-9-13-20(18)22-4)14-15(2)17-10-6-8-12-19(17)21-3/h6-13,15-16H,5,14H2,1-4H3/t15-,16-/m0/s1. The molecule has 0 aliphatic carbocycles. The van der Waals surface area contributed by atoms with Gasteiger partial charge in [0, 0.05) is 0 Å². The largest absolute Gasteiger partial charge is 0.496 e. The van der Waals surface area contributed by atoms with Crippen LogP contribution < -0.4 is 9.47 Å². The maximum absolute atomic E-state index is 5.54. The van der Waals surface area contributed by atoms with Crippen molar-refractivity contribution in [2.24, 2.45) is 0 Å². The predicted molar refractivity (Wildman–Crippen MR) is 92.1 cm³/mol. The molecule has 0 amide bonds. The van der Waals surface area contributed by atoms with Crippen LogP contribution in [0.1, 0.15) is 49.7 Å². The second-order valence-electron chi connectivity index (χ2n) is 5.73. The summed E-state index contributed by atoms with van der Waals surface area (Å²) in [6.07, 6.45) is 2.18. The molecule has 0 radical (unpaired) electrons. The van der Waals surface area contributed by atoms with Crippen LogP contribution >= 0.6 is 0 Å². The number of hydrogen-bond donors (Lipinski definition) is 0. The van der Waals surface area contributed by atoms with Crippen molar-refractivity contribution in [1.29, 1.82) is 0 Å². The Morgan fingerprint density at radius 1 is 0.818 bits per heavy atom. The van der Waals surface area contributed by atoms with Gasteiger partial charge >= 0.3 is 0 Å².